The third-order valence-electron chi connectivity index (χ3n) is 4.59. The van der Waals surface area contributed by atoms with Gasteiger partial charge in [0.1, 0.15) is 10.8 Å². The summed E-state index contributed by atoms with van der Waals surface area (Å²) in [5.74, 6) is 0.607. The number of morpholine rings is 1. The van der Waals surface area contributed by atoms with Gasteiger partial charge in [-0.15, -0.1) is 0 Å². The summed E-state index contributed by atoms with van der Waals surface area (Å²) in [4.78, 5) is 15.1. The first-order chi connectivity index (χ1) is 13.0. The molecule has 1 fully saturated rings. The first kappa shape index (κ1) is 17.6. The highest BCUT2D eigenvalue weighted by Gasteiger charge is 2.18. The van der Waals surface area contributed by atoms with Gasteiger partial charge in [0.2, 0.25) is 5.95 Å². The standard InChI is InChI=1S/C17H21ClN8O/c1-25-3-2-10-12(25)8-13(26-4-6-27-7-5-26)11(22-10)9-21-16-14(18)15(19)23-17(20)24-16/h2-3,8H,4-7,9H2,1H3,(H5,19,20,21,23,24). The topological polar surface area (TPSA) is 120 Å². The van der Waals surface area contributed by atoms with Crippen molar-refractivity contribution in [3.8, 4) is 0 Å². The zero-order chi connectivity index (χ0) is 19.0. The molecule has 0 aliphatic carbocycles. The van der Waals surface area contributed by atoms with Crippen molar-refractivity contribution in [1.29, 1.82) is 0 Å². The smallest absolute Gasteiger partial charge is 0.224 e. The Labute approximate surface area is 161 Å². The average Bonchev–Trinajstić information content (AvgIpc) is 3.03. The molecule has 27 heavy (non-hydrogen) atoms. The lowest BCUT2D eigenvalue weighted by Gasteiger charge is -2.30. The fourth-order valence-corrected chi connectivity index (χ4v) is 3.34. The number of anilines is 4. The molecule has 142 valence electrons. The number of rotatable bonds is 4. The molecule has 3 aromatic heterocycles. The third kappa shape index (κ3) is 3.43. The number of hydrogen-bond donors (Lipinski definition) is 3. The normalized spacial score (nSPS) is 14.7. The summed E-state index contributed by atoms with van der Waals surface area (Å²) in [7, 11) is 2.01. The van der Waals surface area contributed by atoms with Gasteiger partial charge in [-0.25, -0.2) is 4.98 Å². The van der Waals surface area contributed by atoms with Crippen molar-refractivity contribution in [2.45, 2.75) is 6.54 Å². The number of hydrogen-bond acceptors (Lipinski definition) is 8. The second-order valence-corrected chi connectivity index (χ2v) is 6.75. The zero-order valence-electron chi connectivity index (χ0n) is 14.9. The Morgan fingerprint density at radius 1 is 1.22 bits per heavy atom. The fourth-order valence-electron chi connectivity index (χ4n) is 3.19. The summed E-state index contributed by atoms with van der Waals surface area (Å²) < 4.78 is 7.55. The lowest BCUT2D eigenvalue weighted by Crippen LogP contribution is -2.37. The minimum atomic E-state index is 0.0688. The maximum atomic E-state index is 6.20. The van der Waals surface area contributed by atoms with Gasteiger partial charge in [-0.2, -0.15) is 9.97 Å². The Balaban J connectivity index is 1.69. The summed E-state index contributed by atoms with van der Waals surface area (Å²) in [6, 6.07) is 4.16. The zero-order valence-corrected chi connectivity index (χ0v) is 15.7. The molecule has 1 aliphatic heterocycles. The van der Waals surface area contributed by atoms with Crippen LogP contribution in [0.15, 0.2) is 18.3 Å². The Morgan fingerprint density at radius 2 is 2.00 bits per heavy atom. The van der Waals surface area contributed by atoms with Gasteiger partial charge in [0.25, 0.3) is 0 Å². The lowest BCUT2D eigenvalue weighted by atomic mass is 10.2. The van der Waals surface area contributed by atoms with Crippen molar-refractivity contribution >= 4 is 45.9 Å². The number of ether oxygens (including phenoxy) is 1. The largest absolute Gasteiger partial charge is 0.382 e. The molecule has 4 heterocycles. The molecular formula is C17H21ClN8O. The van der Waals surface area contributed by atoms with Crippen molar-refractivity contribution in [3.63, 3.8) is 0 Å². The molecule has 0 spiro atoms. The maximum Gasteiger partial charge on any atom is 0.224 e. The number of pyridine rings is 1. The number of aryl methyl sites for hydroxylation is 1. The number of fused-ring (bicyclic) bond motifs is 1. The van der Waals surface area contributed by atoms with Crippen LogP contribution in [0.1, 0.15) is 5.69 Å². The molecule has 5 N–H and O–H groups in total. The highest BCUT2D eigenvalue weighted by Crippen LogP contribution is 2.29. The Hall–Kier alpha value is -2.78. The molecule has 0 unspecified atom stereocenters. The van der Waals surface area contributed by atoms with Crippen LogP contribution in [0.4, 0.5) is 23.3 Å². The molecule has 0 amide bonds. The predicted molar refractivity (Wildman–Crippen MR) is 107 cm³/mol. The summed E-state index contributed by atoms with van der Waals surface area (Å²) in [6.07, 6.45) is 2.00. The Bertz CT molecular complexity index is 983. The molecule has 0 atom stereocenters. The first-order valence-electron chi connectivity index (χ1n) is 8.63. The number of aromatic nitrogens is 4. The quantitative estimate of drug-likeness (QED) is 0.616. The van der Waals surface area contributed by atoms with Gasteiger partial charge in [-0.3, -0.25) is 0 Å². The highest BCUT2D eigenvalue weighted by molar-refractivity contribution is 6.35. The van der Waals surface area contributed by atoms with Crippen LogP contribution in [0.25, 0.3) is 11.0 Å². The number of nitrogens with one attached hydrogen (secondary N) is 1. The van der Waals surface area contributed by atoms with E-state index in [1.165, 1.54) is 0 Å². The van der Waals surface area contributed by atoms with Gasteiger partial charge in [-0.05, 0) is 12.1 Å². The van der Waals surface area contributed by atoms with Gasteiger partial charge in [0.05, 0.1) is 42.2 Å². The first-order valence-corrected chi connectivity index (χ1v) is 9.00. The lowest BCUT2D eigenvalue weighted by molar-refractivity contribution is 0.122. The van der Waals surface area contributed by atoms with Crippen molar-refractivity contribution in [1.82, 2.24) is 19.5 Å². The van der Waals surface area contributed by atoms with E-state index in [2.05, 4.69) is 30.8 Å². The molecule has 0 aromatic carbocycles. The number of nitrogens with two attached hydrogens (primary N) is 2. The molecule has 0 saturated carbocycles. The van der Waals surface area contributed by atoms with E-state index in [0.717, 1.165) is 35.5 Å². The summed E-state index contributed by atoms with van der Waals surface area (Å²) >= 11 is 6.20. The van der Waals surface area contributed by atoms with E-state index >= 15 is 0 Å². The SMILES string of the molecule is Cn1ccc2nc(CNc3nc(N)nc(N)c3Cl)c(N3CCOCC3)cc21. The van der Waals surface area contributed by atoms with E-state index in [0.29, 0.717) is 25.6 Å². The molecule has 1 saturated heterocycles. The molecular weight excluding hydrogens is 368 g/mol. The molecule has 0 radical (unpaired) electrons. The third-order valence-corrected chi connectivity index (χ3v) is 4.96. The van der Waals surface area contributed by atoms with E-state index in [4.69, 9.17) is 32.8 Å². The number of halogens is 1. The van der Waals surface area contributed by atoms with Gasteiger partial charge >= 0.3 is 0 Å². The predicted octanol–water partition coefficient (Wildman–Crippen LogP) is 1.63. The van der Waals surface area contributed by atoms with Gasteiger partial charge in [0.15, 0.2) is 5.82 Å². The van der Waals surface area contributed by atoms with Crippen LogP contribution in [-0.2, 0) is 18.3 Å². The van der Waals surface area contributed by atoms with Crippen LogP contribution in [-0.4, -0.2) is 45.8 Å². The highest BCUT2D eigenvalue weighted by atomic mass is 35.5. The number of nitrogens with zero attached hydrogens (tertiary/aromatic N) is 5. The van der Waals surface area contributed by atoms with Crippen LogP contribution in [0.5, 0.6) is 0 Å². The Morgan fingerprint density at radius 3 is 2.78 bits per heavy atom. The molecule has 3 aromatic rings. The van der Waals surface area contributed by atoms with E-state index in [9.17, 15) is 0 Å². The fraction of sp³-hybridized carbons (Fsp3) is 0.353. The van der Waals surface area contributed by atoms with Crippen molar-refractivity contribution < 1.29 is 4.74 Å². The molecule has 0 bridgehead atoms. The van der Waals surface area contributed by atoms with E-state index in [1.54, 1.807) is 0 Å². The minimum absolute atomic E-state index is 0.0688. The van der Waals surface area contributed by atoms with Gasteiger partial charge < -0.3 is 31.0 Å². The molecule has 4 rings (SSSR count). The Kier molecular flexibility index (Phi) is 4.63. The van der Waals surface area contributed by atoms with E-state index < -0.39 is 0 Å². The molecule has 1 aliphatic rings. The van der Waals surface area contributed by atoms with Crippen LogP contribution in [0.3, 0.4) is 0 Å². The summed E-state index contributed by atoms with van der Waals surface area (Å²) in [6.45, 7) is 3.45. The summed E-state index contributed by atoms with van der Waals surface area (Å²) in [5, 5.41) is 3.44. The van der Waals surface area contributed by atoms with E-state index in [-0.39, 0.29) is 16.8 Å². The average molecular weight is 389 g/mol. The maximum absolute atomic E-state index is 6.20. The second kappa shape index (κ2) is 7.09. The number of nitrogen functional groups attached to an aromatic ring is 2. The monoisotopic (exact) mass is 388 g/mol. The molecule has 10 heteroatoms. The molecule has 9 nitrogen and oxygen atoms in total. The van der Waals surface area contributed by atoms with Crippen LogP contribution < -0.4 is 21.7 Å². The summed E-state index contributed by atoms with van der Waals surface area (Å²) in [5.41, 5.74) is 15.4. The van der Waals surface area contributed by atoms with Crippen molar-refractivity contribution in [3.05, 3.63) is 29.0 Å². The van der Waals surface area contributed by atoms with Crippen molar-refractivity contribution in [2.24, 2.45) is 7.05 Å². The van der Waals surface area contributed by atoms with Crippen LogP contribution >= 0.6 is 11.6 Å². The van der Waals surface area contributed by atoms with Gasteiger partial charge in [0, 0.05) is 26.3 Å². The van der Waals surface area contributed by atoms with E-state index in [1.807, 2.05) is 19.3 Å². The minimum Gasteiger partial charge on any atom is -0.382 e. The van der Waals surface area contributed by atoms with Gasteiger partial charge in [-0.1, -0.05) is 11.6 Å². The second-order valence-electron chi connectivity index (χ2n) is 6.37. The van der Waals surface area contributed by atoms with Crippen molar-refractivity contribution in [2.75, 3.05) is 48.0 Å². The van der Waals surface area contributed by atoms with Crippen LogP contribution in [0, 0.1) is 0 Å². The van der Waals surface area contributed by atoms with Crippen LogP contribution in [0.2, 0.25) is 5.02 Å².